The van der Waals surface area contributed by atoms with Gasteiger partial charge >= 0.3 is 11.9 Å². The predicted octanol–water partition coefficient (Wildman–Crippen LogP) is 5.27. The fourth-order valence-corrected chi connectivity index (χ4v) is 5.08. The summed E-state index contributed by atoms with van der Waals surface area (Å²) in [4.78, 5) is 31.3. The number of aromatic nitrogens is 2. The number of esters is 2. The molecule has 4 rings (SSSR count). The van der Waals surface area contributed by atoms with Crippen molar-refractivity contribution in [3.05, 3.63) is 60.7 Å². The number of aromatic amines is 1. The number of rotatable bonds is 9. The molecule has 1 saturated heterocycles. The van der Waals surface area contributed by atoms with Crippen molar-refractivity contribution in [1.29, 1.82) is 0 Å². The van der Waals surface area contributed by atoms with Crippen LogP contribution in [0.5, 0.6) is 0 Å². The minimum Gasteiger partial charge on any atom is -0.463 e. The zero-order valence-electron chi connectivity index (χ0n) is 20.0. The summed E-state index contributed by atoms with van der Waals surface area (Å²) in [6.45, 7) is 2.85. The Balaban J connectivity index is 1.50. The zero-order chi connectivity index (χ0) is 24.7. The standard InChI is InChI=1S/C27H30N2O5S/c1-19(30)32-17-27(18-33-20(2)31)15-9-14-23(34-27)16-35-26-28-24(21-10-5-3-6-11-21)25(29-26)22-12-7-4-8-13-22/h3-8,10-13,23H,9,14-18H2,1-2H3,(H,28,29). The van der Waals surface area contributed by atoms with E-state index in [2.05, 4.69) is 29.2 Å². The SMILES string of the molecule is CC(=O)OCC1(COC(C)=O)CCCC(CSc2nc(-c3ccccc3)c(-c3ccccc3)[nH]2)O1. The Morgan fingerprint density at radius 2 is 1.60 bits per heavy atom. The molecule has 0 amide bonds. The Hall–Kier alpha value is -3.10. The second kappa shape index (κ2) is 11.6. The van der Waals surface area contributed by atoms with E-state index in [1.165, 1.54) is 13.8 Å². The van der Waals surface area contributed by atoms with E-state index in [9.17, 15) is 9.59 Å². The molecule has 7 nitrogen and oxygen atoms in total. The first-order chi connectivity index (χ1) is 16.9. The van der Waals surface area contributed by atoms with Gasteiger partial charge in [0.05, 0.1) is 17.5 Å². The highest BCUT2D eigenvalue weighted by Gasteiger charge is 2.40. The van der Waals surface area contributed by atoms with Crippen LogP contribution in [0.2, 0.25) is 0 Å². The quantitative estimate of drug-likeness (QED) is 0.320. The van der Waals surface area contributed by atoms with Crippen molar-refractivity contribution < 1.29 is 23.8 Å². The van der Waals surface area contributed by atoms with Crippen molar-refractivity contribution in [3.8, 4) is 22.5 Å². The third-order valence-corrected chi connectivity index (χ3v) is 6.86. The van der Waals surface area contributed by atoms with Crippen LogP contribution in [-0.4, -0.2) is 52.6 Å². The van der Waals surface area contributed by atoms with Crippen LogP contribution in [-0.2, 0) is 23.8 Å². The predicted molar refractivity (Wildman–Crippen MR) is 135 cm³/mol. The number of nitrogens with zero attached hydrogens (tertiary/aromatic N) is 1. The first-order valence-electron chi connectivity index (χ1n) is 11.7. The fourth-order valence-electron chi connectivity index (χ4n) is 4.17. The lowest BCUT2D eigenvalue weighted by Crippen LogP contribution is -2.49. The Bertz CT molecular complexity index is 1060. The summed E-state index contributed by atoms with van der Waals surface area (Å²) >= 11 is 1.59. The molecular weight excluding hydrogens is 464 g/mol. The number of H-pyrrole nitrogens is 1. The molecular formula is C27H30N2O5S. The molecule has 0 radical (unpaired) electrons. The van der Waals surface area contributed by atoms with E-state index in [0.717, 1.165) is 40.5 Å². The summed E-state index contributed by atoms with van der Waals surface area (Å²) in [7, 11) is 0. The van der Waals surface area contributed by atoms with Gasteiger partial charge in [-0.2, -0.15) is 0 Å². The van der Waals surface area contributed by atoms with Crippen LogP contribution >= 0.6 is 11.8 Å². The first-order valence-corrected chi connectivity index (χ1v) is 12.7. The van der Waals surface area contributed by atoms with Gasteiger partial charge in [-0.25, -0.2) is 4.98 Å². The van der Waals surface area contributed by atoms with Gasteiger partial charge in [-0.15, -0.1) is 0 Å². The lowest BCUT2D eigenvalue weighted by Gasteiger charge is -2.40. The molecule has 1 unspecified atom stereocenters. The van der Waals surface area contributed by atoms with E-state index in [0.29, 0.717) is 12.2 Å². The molecule has 2 heterocycles. The number of carbonyl (C=O) groups excluding carboxylic acids is 2. The summed E-state index contributed by atoms with van der Waals surface area (Å²) in [5.74, 6) is -0.104. The van der Waals surface area contributed by atoms with Crippen molar-refractivity contribution in [2.75, 3.05) is 19.0 Å². The molecule has 1 N–H and O–H groups in total. The Morgan fingerprint density at radius 3 is 2.20 bits per heavy atom. The van der Waals surface area contributed by atoms with Crippen molar-refractivity contribution in [2.24, 2.45) is 0 Å². The lowest BCUT2D eigenvalue weighted by molar-refractivity contribution is -0.191. The molecule has 3 aromatic rings. The van der Waals surface area contributed by atoms with Crippen LogP contribution in [0.15, 0.2) is 65.8 Å². The monoisotopic (exact) mass is 494 g/mol. The minimum absolute atomic E-state index is 0.0633. The number of hydrogen-bond acceptors (Lipinski definition) is 7. The molecule has 0 bridgehead atoms. The second-order valence-corrected chi connectivity index (χ2v) is 9.69. The molecule has 0 saturated carbocycles. The Labute approximate surface area is 209 Å². The van der Waals surface area contributed by atoms with E-state index in [1.807, 2.05) is 36.4 Å². The second-order valence-electron chi connectivity index (χ2n) is 8.68. The van der Waals surface area contributed by atoms with Gasteiger partial charge in [-0.1, -0.05) is 72.4 Å². The highest BCUT2D eigenvalue weighted by atomic mass is 32.2. The van der Waals surface area contributed by atoms with Crippen molar-refractivity contribution in [1.82, 2.24) is 9.97 Å². The molecule has 184 valence electrons. The average molecular weight is 495 g/mol. The highest BCUT2D eigenvalue weighted by molar-refractivity contribution is 7.99. The largest absolute Gasteiger partial charge is 0.463 e. The van der Waals surface area contributed by atoms with Gasteiger partial charge in [0.25, 0.3) is 0 Å². The number of benzene rings is 2. The molecule has 1 fully saturated rings. The van der Waals surface area contributed by atoms with Crippen LogP contribution in [0.1, 0.15) is 33.1 Å². The van der Waals surface area contributed by atoms with E-state index in [1.54, 1.807) is 11.8 Å². The number of thioether (sulfide) groups is 1. The molecule has 1 aromatic heterocycles. The normalized spacial score (nSPS) is 17.0. The van der Waals surface area contributed by atoms with Gasteiger partial charge < -0.3 is 19.2 Å². The van der Waals surface area contributed by atoms with Crippen LogP contribution in [0.25, 0.3) is 22.5 Å². The molecule has 1 atom stereocenters. The molecule has 8 heteroatoms. The van der Waals surface area contributed by atoms with Gasteiger partial charge in [-0.3, -0.25) is 9.59 Å². The number of carbonyl (C=O) groups is 2. The summed E-state index contributed by atoms with van der Waals surface area (Å²) in [5, 5.41) is 0.808. The highest BCUT2D eigenvalue weighted by Crippen LogP contribution is 2.35. The van der Waals surface area contributed by atoms with Gasteiger partial charge in [-0.05, 0) is 19.3 Å². The number of hydrogen-bond donors (Lipinski definition) is 1. The molecule has 0 spiro atoms. The third-order valence-electron chi connectivity index (χ3n) is 5.85. The van der Waals surface area contributed by atoms with Crippen LogP contribution in [0.4, 0.5) is 0 Å². The van der Waals surface area contributed by atoms with Gasteiger partial charge in [0, 0.05) is 30.7 Å². The fraction of sp³-hybridized carbons (Fsp3) is 0.370. The minimum atomic E-state index is -0.825. The maximum Gasteiger partial charge on any atom is 0.302 e. The smallest absolute Gasteiger partial charge is 0.302 e. The third kappa shape index (κ3) is 6.74. The molecule has 2 aromatic carbocycles. The Kier molecular flexibility index (Phi) is 8.25. The maximum atomic E-state index is 11.4. The first kappa shape index (κ1) is 25.0. The number of imidazole rings is 1. The van der Waals surface area contributed by atoms with Gasteiger partial charge in [0.15, 0.2) is 5.16 Å². The van der Waals surface area contributed by atoms with Crippen LogP contribution in [0.3, 0.4) is 0 Å². The zero-order valence-corrected chi connectivity index (χ0v) is 20.8. The molecule has 35 heavy (non-hydrogen) atoms. The van der Waals surface area contributed by atoms with Crippen LogP contribution < -0.4 is 0 Å². The Morgan fingerprint density at radius 1 is 1.00 bits per heavy atom. The number of ether oxygens (including phenoxy) is 3. The van der Waals surface area contributed by atoms with Crippen molar-refractivity contribution in [3.63, 3.8) is 0 Å². The summed E-state index contributed by atoms with van der Waals surface area (Å²) in [5.41, 5.74) is 3.17. The topological polar surface area (TPSA) is 90.5 Å². The van der Waals surface area contributed by atoms with E-state index < -0.39 is 5.60 Å². The summed E-state index contributed by atoms with van der Waals surface area (Å²) in [6.07, 6.45) is 2.32. The van der Waals surface area contributed by atoms with Crippen molar-refractivity contribution in [2.45, 2.75) is 50.0 Å². The molecule has 1 aliphatic rings. The summed E-state index contributed by atoms with van der Waals surface area (Å²) < 4.78 is 16.9. The molecule has 1 aliphatic heterocycles. The summed E-state index contributed by atoms with van der Waals surface area (Å²) in [6, 6.07) is 20.3. The van der Waals surface area contributed by atoms with Gasteiger partial charge in [0.1, 0.15) is 18.8 Å². The maximum absolute atomic E-state index is 11.4. The van der Waals surface area contributed by atoms with Crippen molar-refractivity contribution >= 4 is 23.7 Å². The van der Waals surface area contributed by atoms with Gasteiger partial charge in [0.2, 0.25) is 0 Å². The van der Waals surface area contributed by atoms with E-state index >= 15 is 0 Å². The van der Waals surface area contributed by atoms with E-state index in [-0.39, 0.29) is 31.3 Å². The lowest BCUT2D eigenvalue weighted by atomic mass is 9.93. The van der Waals surface area contributed by atoms with E-state index in [4.69, 9.17) is 19.2 Å². The average Bonchev–Trinajstić information content (AvgIpc) is 3.31. The van der Waals surface area contributed by atoms with Crippen LogP contribution in [0, 0.1) is 0 Å². The number of nitrogens with one attached hydrogen (secondary N) is 1. The molecule has 0 aliphatic carbocycles.